The maximum Gasteiger partial charge on any atom is 0.254 e. The molecule has 0 bridgehead atoms. The molecule has 25 heavy (non-hydrogen) atoms. The third kappa shape index (κ3) is 2.31. The number of amides is 1. The van der Waals surface area contributed by atoms with E-state index in [1.165, 1.54) is 4.68 Å². The molecule has 0 radical (unpaired) electrons. The molecule has 0 saturated carbocycles. The number of furan rings is 1. The van der Waals surface area contributed by atoms with Gasteiger partial charge in [0.2, 0.25) is 0 Å². The topological polar surface area (TPSA) is 129 Å². The molecule has 0 unspecified atom stereocenters. The van der Waals surface area contributed by atoms with Crippen molar-refractivity contribution in [1.82, 2.24) is 20.0 Å². The van der Waals surface area contributed by atoms with E-state index in [1.54, 1.807) is 18.3 Å². The van der Waals surface area contributed by atoms with Crippen LogP contribution in [0.2, 0.25) is 0 Å². The molecule has 4 aromatic rings. The van der Waals surface area contributed by atoms with Gasteiger partial charge in [0.1, 0.15) is 17.1 Å². The number of H-pyrrole nitrogens is 1. The number of benzene rings is 1. The van der Waals surface area contributed by atoms with Crippen LogP contribution in [-0.4, -0.2) is 25.9 Å². The van der Waals surface area contributed by atoms with Gasteiger partial charge in [-0.1, -0.05) is 6.07 Å². The van der Waals surface area contributed by atoms with Crippen LogP contribution < -0.4 is 11.5 Å². The summed E-state index contributed by atoms with van der Waals surface area (Å²) in [5, 5.41) is 12.3. The third-order valence-corrected chi connectivity index (χ3v) is 4.41. The van der Waals surface area contributed by atoms with E-state index in [2.05, 4.69) is 31.2 Å². The number of aryl methyl sites for hydroxylation is 1. The molecule has 0 atom stereocenters. The van der Waals surface area contributed by atoms with Gasteiger partial charge in [-0.2, -0.15) is 10.2 Å². The molecular formula is C16H13BrN6O2. The number of carbonyl (C=O) groups excluding carboxylic acids is 1. The Hall–Kier alpha value is -3.07. The number of fused-ring (bicyclic) bond motifs is 1. The molecule has 0 fully saturated rings. The van der Waals surface area contributed by atoms with Gasteiger partial charge < -0.3 is 15.9 Å². The van der Waals surface area contributed by atoms with Crippen molar-refractivity contribution in [2.75, 3.05) is 5.73 Å². The Morgan fingerprint density at radius 2 is 2.12 bits per heavy atom. The fourth-order valence-corrected chi connectivity index (χ4v) is 3.16. The molecule has 1 amide bonds. The van der Waals surface area contributed by atoms with Gasteiger partial charge in [-0.05, 0) is 46.6 Å². The maximum atomic E-state index is 12.0. The van der Waals surface area contributed by atoms with Gasteiger partial charge in [-0.25, -0.2) is 4.68 Å². The van der Waals surface area contributed by atoms with Crippen molar-refractivity contribution in [3.63, 3.8) is 0 Å². The lowest BCUT2D eigenvalue weighted by Crippen LogP contribution is -2.14. The molecule has 1 aromatic carbocycles. The summed E-state index contributed by atoms with van der Waals surface area (Å²) in [6, 6.07) is 7.23. The van der Waals surface area contributed by atoms with E-state index in [4.69, 9.17) is 15.9 Å². The van der Waals surface area contributed by atoms with E-state index in [0.29, 0.717) is 10.4 Å². The number of aromatic amines is 1. The van der Waals surface area contributed by atoms with E-state index >= 15 is 0 Å². The number of halogens is 1. The zero-order chi connectivity index (χ0) is 17.7. The van der Waals surface area contributed by atoms with Gasteiger partial charge in [0.05, 0.1) is 17.4 Å². The number of nitrogens with one attached hydrogen (secondary N) is 1. The molecule has 4 rings (SSSR count). The summed E-state index contributed by atoms with van der Waals surface area (Å²) < 4.78 is 7.54. The minimum Gasteiger partial charge on any atom is -0.448 e. The van der Waals surface area contributed by atoms with Gasteiger partial charge in [-0.15, -0.1) is 0 Å². The van der Waals surface area contributed by atoms with Gasteiger partial charge in [0.15, 0.2) is 10.4 Å². The molecule has 8 nitrogen and oxygen atoms in total. The number of hydrogen-bond donors (Lipinski definition) is 3. The number of nitrogen functional groups attached to an aromatic ring is 1. The average Bonchev–Trinajstić information content (AvgIpc) is 3.26. The van der Waals surface area contributed by atoms with Crippen molar-refractivity contribution in [2.24, 2.45) is 5.73 Å². The highest BCUT2D eigenvalue weighted by atomic mass is 79.9. The summed E-state index contributed by atoms with van der Waals surface area (Å²) in [5.74, 6) is -0.140. The summed E-state index contributed by atoms with van der Waals surface area (Å²) in [7, 11) is 0. The van der Waals surface area contributed by atoms with Crippen molar-refractivity contribution < 1.29 is 9.21 Å². The Balaban J connectivity index is 2.05. The quantitative estimate of drug-likeness (QED) is 0.486. The highest BCUT2D eigenvalue weighted by Crippen LogP contribution is 2.34. The number of aromatic nitrogens is 4. The number of nitrogens with zero attached hydrogens (tertiary/aromatic N) is 3. The van der Waals surface area contributed by atoms with E-state index in [-0.39, 0.29) is 17.1 Å². The molecule has 3 heterocycles. The normalized spacial score (nSPS) is 11.3. The van der Waals surface area contributed by atoms with Crippen molar-refractivity contribution in [1.29, 1.82) is 0 Å². The van der Waals surface area contributed by atoms with E-state index in [1.807, 2.05) is 19.1 Å². The summed E-state index contributed by atoms with van der Waals surface area (Å²) in [6.07, 6.45) is 1.69. The molecule has 5 N–H and O–H groups in total. The van der Waals surface area contributed by atoms with Crippen LogP contribution in [0.1, 0.15) is 15.9 Å². The molecule has 0 aliphatic carbocycles. The summed E-state index contributed by atoms with van der Waals surface area (Å²) >= 11 is 3.24. The van der Waals surface area contributed by atoms with Crippen LogP contribution in [0, 0.1) is 6.92 Å². The molecule has 126 valence electrons. The molecule has 0 spiro atoms. The first-order valence-electron chi connectivity index (χ1n) is 7.34. The van der Waals surface area contributed by atoms with Crippen molar-refractivity contribution in [3.05, 3.63) is 46.3 Å². The highest BCUT2D eigenvalue weighted by molar-refractivity contribution is 9.10. The van der Waals surface area contributed by atoms with Gasteiger partial charge in [-0.3, -0.25) is 9.89 Å². The van der Waals surface area contributed by atoms with Crippen molar-refractivity contribution in [2.45, 2.75) is 6.92 Å². The Bertz CT molecular complexity index is 1120. The first kappa shape index (κ1) is 15.5. The number of nitrogens with two attached hydrogens (primary N) is 2. The molecular weight excluding hydrogens is 388 g/mol. The number of primary amides is 1. The van der Waals surface area contributed by atoms with Gasteiger partial charge >= 0.3 is 0 Å². The van der Waals surface area contributed by atoms with Crippen LogP contribution in [0.25, 0.3) is 28.0 Å². The van der Waals surface area contributed by atoms with E-state index < -0.39 is 5.91 Å². The fourth-order valence-electron chi connectivity index (χ4n) is 2.85. The van der Waals surface area contributed by atoms with Crippen LogP contribution in [0.15, 0.2) is 39.5 Å². The SMILES string of the molecule is Cc1ccc2[nH]ncc2c1-n1nc(-c2ccc(Br)o2)c(C(N)=O)c1N. The second-order valence-corrected chi connectivity index (χ2v) is 6.33. The summed E-state index contributed by atoms with van der Waals surface area (Å²) in [6.45, 7) is 1.93. The average molecular weight is 401 g/mol. The zero-order valence-corrected chi connectivity index (χ0v) is 14.7. The van der Waals surface area contributed by atoms with Crippen LogP contribution in [0.4, 0.5) is 5.82 Å². The molecule has 3 aromatic heterocycles. The Morgan fingerprint density at radius 1 is 1.32 bits per heavy atom. The van der Waals surface area contributed by atoms with Crippen molar-refractivity contribution >= 4 is 38.6 Å². The predicted molar refractivity (Wildman–Crippen MR) is 96.3 cm³/mol. The minimum absolute atomic E-state index is 0.113. The molecule has 0 saturated heterocycles. The van der Waals surface area contributed by atoms with Crippen LogP contribution in [-0.2, 0) is 0 Å². The first-order valence-corrected chi connectivity index (χ1v) is 8.13. The number of rotatable bonds is 3. The van der Waals surface area contributed by atoms with Crippen LogP contribution >= 0.6 is 15.9 Å². The predicted octanol–water partition coefficient (Wildman–Crippen LogP) is 2.76. The van der Waals surface area contributed by atoms with Crippen molar-refractivity contribution in [3.8, 4) is 17.1 Å². The smallest absolute Gasteiger partial charge is 0.254 e. The lowest BCUT2D eigenvalue weighted by Gasteiger charge is -2.09. The van der Waals surface area contributed by atoms with E-state index in [9.17, 15) is 4.79 Å². The second kappa shape index (κ2) is 5.49. The number of anilines is 1. The highest BCUT2D eigenvalue weighted by Gasteiger charge is 2.25. The fraction of sp³-hybridized carbons (Fsp3) is 0.0625. The summed E-state index contributed by atoms with van der Waals surface area (Å²) in [5.41, 5.74) is 14.6. The monoisotopic (exact) mass is 400 g/mol. The number of carbonyl (C=O) groups is 1. The summed E-state index contributed by atoms with van der Waals surface area (Å²) in [4.78, 5) is 12.0. The molecule has 9 heteroatoms. The standard InChI is InChI=1S/C16H13BrN6O2/c1-7-2-3-9-8(6-20-21-9)14(7)23-15(18)12(16(19)24)13(22-23)10-4-5-11(17)25-10/h2-6H,18H2,1H3,(H2,19,24)(H,20,21). The number of hydrogen-bond acceptors (Lipinski definition) is 5. The van der Waals surface area contributed by atoms with Gasteiger partial charge in [0, 0.05) is 5.39 Å². The van der Waals surface area contributed by atoms with Gasteiger partial charge in [0.25, 0.3) is 5.91 Å². The minimum atomic E-state index is -0.678. The molecule has 0 aliphatic rings. The lowest BCUT2D eigenvalue weighted by atomic mass is 10.1. The zero-order valence-electron chi connectivity index (χ0n) is 13.1. The second-order valence-electron chi connectivity index (χ2n) is 5.55. The first-order chi connectivity index (χ1) is 12.0. The largest absolute Gasteiger partial charge is 0.448 e. The Morgan fingerprint density at radius 3 is 2.80 bits per heavy atom. The van der Waals surface area contributed by atoms with Crippen LogP contribution in [0.5, 0.6) is 0 Å². The Labute approximate surface area is 149 Å². The van der Waals surface area contributed by atoms with E-state index in [0.717, 1.165) is 22.2 Å². The van der Waals surface area contributed by atoms with Crippen LogP contribution in [0.3, 0.4) is 0 Å². The lowest BCUT2D eigenvalue weighted by molar-refractivity contribution is 0.100. The molecule has 0 aliphatic heterocycles. The maximum absolute atomic E-state index is 12.0. The Kier molecular flexibility index (Phi) is 3.39. The third-order valence-electron chi connectivity index (χ3n) is 3.98.